The Labute approximate surface area is 268 Å². The van der Waals surface area contributed by atoms with Crippen LogP contribution in [0.3, 0.4) is 0 Å². The van der Waals surface area contributed by atoms with Crippen molar-refractivity contribution in [2.75, 3.05) is 13.1 Å². The van der Waals surface area contributed by atoms with Crippen molar-refractivity contribution in [1.82, 2.24) is 26.0 Å². The van der Waals surface area contributed by atoms with Gasteiger partial charge in [0.15, 0.2) is 0 Å². The maximum Gasteiger partial charge on any atom is 0.257 e. The van der Waals surface area contributed by atoms with Gasteiger partial charge >= 0.3 is 0 Å². The number of hydrogen-bond donors (Lipinski definition) is 4. The van der Waals surface area contributed by atoms with Crippen LogP contribution in [0, 0.1) is 24.2 Å². The van der Waals surface area contributed by atoms with Gasteiger partial charge in [-0.15, -0.1) is 0 Å². The summed E-state index contributed by atoms with van der Waals surface area (Å²) in [6.45, 7) is 14.3. The molecule has 4 rings (SSSR count). The molecule has 2 aliphatic rings. The van der Waals surface area contributed by atoms with Crippen LogP contribution in [0.2, 0.25) is 0 Å². The summed E-state index contributed by atoms with van der Waals surface area (Å²) in [5.41, 5.74) is 0.664. The standard InChI is InChI=1S/C35H53N5O5/c1-22-26(21-45-39-22)31(42)37-30(34(2,3)4)33(44)36-27(17-23-13-9-8-10-14-23)29(41)20-40-19-25-16-12-11-15-24(25)18-28(40)32(43)38-35(5,6)7/h8-10,13-14,21,24-25,27-30,41H,11-12,15-20H2,1-7H3,(H,36,44)(H,37,42)(H,38,43)/t24-,25?,27?,28?,29?,30+/m0/s1. The highest BCUT2D eigenvalue weighted by Crippen LogP contribution is 2.39. The Morgan fingerprint density at radius 3 is 2.29 bits per heavy atom. The molecule has 2 aromatic rings. The summed E-state index contributed by atoms with van der Waals surface area (Å²) >= 11 is 0. The topological polar surface area (TPSA) is 137 Å². The first-order valence-corrected chi connectivity index (χ1v) is 16.4. The summed E-state index contributed by atoms with van der Waals surface area (Å²) in [6.07, 6.45) is 6.14. The van der Waals surface area contributed by atoms with E-state index in [9.17, 15) is 19.5 Å². The Morgan fingerprint density at radius 2 is 1.69 bits per heavy atom. The van der Waals surface area contributed by atoms with Crippen LogP contribution in [-0.2, 0) is 16.0 Å². The molecular formula is C35H53N5O5. The van der Waals surface area contributed by atoms with E-state index < -0.39 is 35.4 Å². The lowest BCUT2D eigenvalue weighted by Crippen LogP contribution is -2.61. The number of aliphatic hydroxyl groups is 1. The third kappa shape index (κ3) is 9.39. The number of nitrogens with one attached hydrogen (secondary N) is 3. The lowest BCUT2D eigenvalue weighted by molar-refractivity contribution is -0.133. The van der Waals surface area contributed by atoms with E-state index in [0.29, 0.717) is 24.0 Å². The Kier molecular flexibility index (Phi) is 11.1. The Hall–Kier alpha value is -3.24. The predicted octanol–water partition coefficient (Wildman–Crippen LogP) is 4.01. The Bertz CT molecular complexity index is 1300. The van der Waals surface area contributed by atoms with E-state index in [-0.39, 0.29) is 29.6 Å². The van der Waals surface area contributed by atoms with Gasteiger partial charge in [0.25, 0.3) is 5.91 Å². The van der Waals surface area contributed by atoms with Crippen molar-refractivity contribution in [2.24, 2.45) is 17.3 Å². The minimum absolute atomic E-state index is 0.0121. The second kappa shape index (κ2) is 14.5. The molecule has 1 aromatic carbocycles. The number of fused-ring (bicyclic) bond motifs is 1. The first-order chi connectivity index (χ1) is 21.1. The second-order valence-electron chi connectivity index (χ2n) is 15.2. The second-order valence-corrected chi connectivity index (χ2v) is 15.2. The smallest absolute Gasteiger partial charge is 0.257 e. The molecule has 10 heteroatoms. The zero-order valence-electron chi connectivity index (χ0n) is 28.1. The first kappa shape index (κ1) is 34.6. The van der Waals surface area contributed by atoms with E-state index in [0.717, 1.165) is 31.4 Å². The number of amides is 3. The van der Waals surface area contributed by atoms with E-state index in [1.54, 1.807) is 6.92 Å². The van der Waals surface area contributed by atoms with Crippen LogP contribution in [0.25, 0.3) is 0 Å². The van der Waals surface area contributed by atoms with E-state index in [1.165, 1.54) is 19.1 Å². The van der Waals surface area contributed by atoms with Gasteiger partial charge in [-0.05, 0) is 69.8 Å². The number of aryl methyl sites for hydroxylation is 1. The molecule has 0 bridgehead atoms. The van der Waals surface area contributed by atoms with Crippen molar-refractivity contribution in [3.63, 3.8) is 0 Å². The molecule has 6 atom stereocenters. The average Bonchev–Trinajstić information content (AvgIpc) is 3.39. The Morgan fingerprint density at radius 1 is 1.02 bits per heavy atom. The van der Waals surface area contributed by atoms with Gasteiger partial charge in [-0.1, -0.05) is 75.5 Å². The third-order valence-corrected chi connectivity index (χ3v) is 9.21. The number of nitrogens with zero attached hydrogens (tertiary/aromatic N) is 2. The minimum Gasteiger partial charge on any atom is -0.390 e. The molecule has 1 aliphatic heterocycles. The van der Waals surface area contributed by atoms with Crippen molar-refractivity contribution in [3.05, 3.63) is 53.4 Å². The monoisotopic (exact) mass is 623 g/mol. The van der Waals surface area contributed by atoms with E-state index in [2.05, 4.69) is 26.0 Å². The number of aliphatic hydroxyl groups excluding tert-OH is 1. The summed E-state index contributed by atoms with van der Waals surface area (Å²) in [5.74, 6) is 0.146. The number of rotatable bonds is 10. The molecule has 1 aromatic heterocycles. The summed E-state index contributed by atoms with van der Waals surface area (Å²) in [7, 11) is 0. The zero-order valence-corrected chi connectivity index (χ0v) is 28.1. The van der Waals surface area contributed by atoms with Gasteiger partial charge in [0.1, 0.15) is 17.9 Å². The van der Waals surface area contributed by atoms with Gasteiger partial charge < -0.3 is 25.6 Å². The van der Waals surface area contributed by atoms with Crippen LogP contribution in [0.4, 0.5) is 0 Å². The van der Waals surface area contributed by atoms with Crippen LogP contribution < -0.4 is 16.0 Å². The number of hydrogen-bond acceptors (Lipinski definition) is 7. The fraction of sp³-hybridized carbons (Fsp3) is 0.657. The van der Waals surface area contributed by atoms with E-state index in [1.807, 2.05) is 71.9 Å². The highest BCUT2D eigenvalue weighted by Gasteiger charge is 2.42. The summed E-state index contributed by atoms with van der Waals surface area (Å²) in [4.78, 5) is 42.8. The minimum atomic E-state index is -0.962. The number of piperidine rings is 1. The highest BCUT2D eigenvalue weighted by atomic mass is 16.5. The summed E-state index contributed by atoms with van der Waals surface area (Å²) < 4.78 is 4.94. The lowest BCUT2D eigenvalue weighted by Gasteiger charge is -2.47. The average molecular weight is 624 g/mol. The third-order valence-electron chi connectivity index (χ3n) is 9.21. The molecule has 1 aliphatic carbocycles. The SMILES string of the molecule is Cc1nocc1C(=O)N[C@H](C(=O)NC(Cc1ccccc1)C(O)CN1CC2CCCC[C@H]2CC1C(=O)NC(C)(C)C)C(C)(C)C. The fourth-order valence-corrected chi connectivity index (χ4v) is 6.81. The molecule has 1 saturated heterocycles. The molecule has 2 heterocycles. The number of carbonyl (C=O) groups excluding carboxylic acids is 3. The predicted molar refractivity (Wildman–Crippen MR) is 173 cm³/mol. The maximum atomic E-state index is 13.9. The molecule has 4 unspecified atom stereocenters. The fourth-order valence-electron chi connectivity index (χ4n) is 6.81. The van der Waals surface area contributed by atoms with Crippen LogP contribution in [0.15, 0.2) is 41.1 Å². The number of β-amino-alcohol motifs (C(OH)–C–C–N with tert-alkyl or cyclic N) is 1. The van der Waals surface area contributed by atoms with Gasteiger partial charge in [-0.25, -0.2) is 0 Å². The maximum absolute atomic E-state index is 13.9. The molecule has 3 amide bonds. The normalized spacial score (nSPS) is 22.9. The quantitative estimate of drug-likeness (QED) is 0.314. The van der Waals surface area contributed by atoms with Crippen molar-refractivity contribution >= 4 is 17.7 Å². The number of carbonyl (C=O) groups is 3. The van der Waals surface area contributed by atoms with Gasteiger partial charge in [-0.2, -0.15) is 0 Å². The van der Waals surface area contributed by atoms with Crippen LogP contribution in [0.5, 0.6) is 0 Å². The van der Waals surface area contributed by atoms with Gasteiger partial charge in [0.2, 0.25) is 11.8 Å². The van der Waals surface area contributed by atoms with Crippen LogP contribution in [-0.4, -0.2) is 75.7 Å². The van der Waals surface area contributed by atoms with Gasteiger partial charge in [-0.3, -0.25) is 19.3 Å². The molecule has 1 saturated carbocycles. The number of likely N-dealkylation sites (tertiary alicyclic amines) is 1. The zero-order chi connectivity index (χ0) is 32.9. The highest BCUT2D eigenvalue weighted by molar-refractivity contribution is 5.98. The Balaban J connectivity index is 1.56. The van der Waals surface area contributed by atoms with E-state index in [4.69, 9.17) is 4.52 Å². The van der Waals surface area contributed by atoms with E-state index >= 15 is 0 Å². The summed E-state index contributed by atoms with van der Waals surface area (Å²) in [5, 5.41) is 24.8. The number of aromatic nitrogens is 1. The van der Waals surface area contributed by atoms with Crippen molar-refractivity contribution in [3.8, 4) is 0 Å². The largest absolute Gasteiger partial charge is 0.390 e. The van der Waals surface area contributed by atoms with Crippen molar-refractivity contribution < 1.29 is 24.0 Å². The van der Waals surface area contributed by atoms with Gasteiger partial charge in [0, 0.05) is 18.6 Å². The molecule has 4 N–H and O–H groups in total. The number of benzene rings is 1. The van der Waals surface area contributed by atoms with Crippen LogP contribution in [0.1, 0.15) is 95.3 Å². The first-order valence-electron chi connectivity index (χ1n) is 16.4. The van der Waals surface area contributed by atoms with Crippen LogP contribution >= 0.6 is 0 Å². The molecule has 45 heavy (non-hydrogen) atoms. The summed E-state index contributed by atoms with van der Waals surface area (Å²) in [6, 6.07) is 7.83. The molecule has 2 fully saturated rings. The molecular weight excluding hydrogens is 570 g/mol. The molecule has 0 spiro atoms. The van der Waals surface area contributed by atoms with Crippen molar-refractivity contribution in [1.29, 1.82) is 0 Å². The lowest BCUT2D eigenvalue weighted by atomic mass is 9.72. The molecule has 248 valence electrons. The molecule has 0 radical (unpaired) electrons. The van der Waals surface area contributed by atoms with Crippen molar-refractivity contribution in [2.45, 2.75) is 117 Å². The van der Waals surface area contributed by atoms with Gasteiger partial charge in [0.05, 0.1) is 23.9 Å². The molecule has 10 nitrogen and oxygen atoms in total.